The maximum absolute atomic E-state index is 11.8. The normalized spacial score (nSPS) is 14.3. The molecule has 11 nitrogen and oxygen atoms in total. The third kappa shape index (κ3) is 8.98. The monoisotopic (exact) mass is 362 g/mol. The molecule has 0 rings (SSSR count). The summed E-state index contributed by atoms with van der Waals surface area (Å²) in [6, 6.07) is -3.76. The Balaban J connectivity index is 4.47. The van der Waals surface area contributed by atoms with E-state index in [1.165, 1.54) is 0 Å². The zero-order valence-corrected chi connectivity index (χ0v) is 14.2. The maximum Gasteiger partial charge on any atom is 0.328 e. The van der Waals surface area contributed by atoms with Crippen LogP contribution < -0.4 is 21.7 Å². The van der Waals surface area contributed by atoms with Crippen molar-refractivity contribution in [1.29, 1.82) is 0 Å². The smallest absolute Gasteiger partial charge is 0.328 e. The number of amides is 3. The molecule has 0 saturated carbocycles. The van der Waals surface area contributed by atoms with E-state index in [-0.39, 0.29) is 5.92 Å². The number of aliphatic hydroxyl groups excluding tert-OH is 2. The van der Waals surface area contributed by atoms with E-state index in [4.69, 9.17) is 21.1 Å². The fourth-order valence-corrected chi connectivity index (χ4v) is 1.81. The maximum atomic E-state index is 11.8. The highest BCUT2D eigenvalue weighted by atomic mass is 16.4. The Morgan fingerprint density at radius 3 is 1.96 bits per heavy atom. The first-order chi connectivity index (χ1) is 11.6. The summed E-state index contributed by atoms with van der Waals surface area (Å²) in [6.45, 7) is 1.67. The number of carbonyl (C=O) groups is 4. The molecule has 0 aliphatic rings. The van der Waals surface area contributed by atoms with Crippen LogP contribution in [-0.2, 0) is 19.2 Å². The second-order valence-corrected chi connectivity index (χ2v) is 5.84. The van der Waals surface area contributed by atoms with E-state index >= 15 is 0 Å². The van der Waals surface area contributed by atoms with E-state index in [0.717, 1.165) is 0 Å². The van der Waals surface area contributed by atoms with Crippen LogP contribution in [0, 0.1) is 5.92 Å². The molecule has 0 aromatic heterocycles. The van der Waals surface area contributed by atoms with Gasteiger partial charge in [-0.15, -0.1) is 0 Å². The summed E-state index contributed by atoms with van der Waals surface area (Å²) in [7, 11) is 0. The third-order valence-corrected chi connectivity index (χ3v) is 3.12. The molecule has 11 heteroatoms. The lowest BCUT2D eigenvalue weighted by Crippen LogP contribution is -2.55. The molecular formula is C14H26N4O7. The predicted octanol–water partition coefficient (Wildman–Crippen LogP) is -3.49. The lowest BCUT2D eigenvalue weighted by atomic mass is 10.0. The Kier molecular flexibility index (Phi) is 10.3. The Hall–Kier alpha value is -2.24. The first-order valence-electron chi connectivity index (χ1n) is 7.69. The van der Waals surface area contributed by atoms with Gasteiger partial charge >= 0.3 is 5.97 Å². The zero-order valence-electron chi connectivity index (χ0n) is 14.2. The molecule has 3 amide bonds. The van der Waals surface area contributed by atoms with Crippen molar-refractivity contribution < 1.29 is 34.5 Å². The van der Waals surface area contributed by atoms with Gasteiger partial charge < -0.3 is 37.0 Å². The molecule has 3 atom stereocenters. The van der Waals surface area contributed by atoms with Gasteiger partial charge in [-0.1, -0.05) is 13.8 Å². The average Bonchev–Trinajstić information content (AvgIpc) is 2.53. The second kappa shape index (κ2) is 11.3. The number of aliphatic carboxylic acids is 1. The molecular weight excluding hydrogens is 336 g/mol. The fourth-order valence-electron chi connectivity index (χ4n) is 1.81. The van der Waals surface area contributed by atoms with Gasteiger partial charge in [-0.2, -0.15) is 0 Å². The highest BCUT2D eigenvalue weighted by Gasteiger charge is 2.26. The highest BCUT2D eigenvalue weighted by molar-refractivity contribution is 5.92. The molecule has 0 aromatic carbocycles. The van der Waals surface area contributed by atoms with Crippen LogP contribution in [0.25, 0.3) is 0 Å². The number of carbonyl (C=O) groups excluding carboxylic acids is 3. The SMILES string of the molecule is CC(C)CC(N)C(=O)NCC(=O)N[C@@H](CO)C(=O)N[C@@H](CO)C(=O)O. The summed E-state index contributed by atoms with van der Waals surface area (Å²) in [4.78, 5) is 45.9. The Morgan fingerprint density at radius 2 is 1.52 bits per heavy atom. The molecule has 0 aliphatic heterocycles. The van der Waals surface area contributed by atoms with Crippen LogP contribution in [0.15, 0.2) is 0 Å². The number of carboxylic acid groups (broad SMARTS) is 1. The Bertz CT molecular complexity index is 484. The molecule has 0 aliphatic carbocycles. The van der Waals surface area contributed by atoms with Gasteiger partial charge in [-0.3, -0.25) is 14.4 Å². The van der Waals surface area contributed by atoms with Gasteiger partial charge in [0.15, 0.2) is 0 Å². The lowest BCUT2D eigenvalue weighted by Gasteiger charge is -2.19. The van der Waals surface area contributed by atoms with Crippen molar-refractivity contribution in [3.8, 4) is 0 Å². The molecule has 0 fully saturated rings. The summed E-state index contributed by atoms with van der Waals surface area (Å²) in [5.74, 6) is -3.55. The summed E-state index contributed by atoms with van der Waals surface area (Å²) in [5.41, 5.74) is 5.65. The van der Waals surface area contributed by atoms with Crippen LogP contribution in [0.3, 0.4) is 0 Å². The minimum absolute atomic E-state index is 0.200. The minimum atomic E-state index is -1.56. The van der Waals surface area contributed by atoms with Crippen LogP contribution in [0.5, 0.6) is 0 Å². The highest BCUT2D eigenvalue weighted by Crippen LogP contribution is 2.02. The van der Waals surface area contributed by atoms with Crippen LogP contribution in [0.2, 0.25) is 0 Å². The van der Waals surface area contributed by atoms with E-state index < -0.39 is 61.6 Å². The summed E-state index contributed by atoms with van der Waals surface area (Å²) in [6.07, 6.45) is 0.437. The van der Waals surface area contributed by atoms with E-state index in [9.17, 15) is 19.2 Å². The third-order valence-electron chi connectivity index (χ3n) is 3.12. The van der Waals surface area contributed by atoms with Crippen molar-refractivity contribution in [2.24, 2.45) is 11.7 Å². The molecule has 0 aromatic rings. The van der Waals surface area contributed by atoms with E-state index in [0.29, 0.717) is 6.42 Å². The molecule has 8 N–H and O–H groups in total. The first kappa shape index (κ1) is 22.8. The van der Waals surface area contributed by atoms with Gasteiger partial charge in [0.1, 0.15) is 12.1 Å². The Morgan fingerprint density at radius 1 is 0.960 bits per heavy atom. The molecule has 0 radical (unpaired) electrons. The fraction of sp³-hybridized carbons (Fsp3) is 0.714. The topological polar surface area (TPSA) is 191 Å². The van der Waals surface area contributed by atoms with Crippen LogP contribution in [0.1, 0.15) is 20.3 Å². The van der Waals surface area contributed by atoms with Crippen molar-refractivity contribution in [2.75, 3.05) is 19.8 Å². The Labute approximate surface area is 145 Å². The summed E-state index contributed by atoms with van der Waals surface area (Å²) < 4.78 is 0. The van der Waals surface area contributed by atoms with E-state index in [2.05, 4.69) is 10.6 Å². The first-order valence-corrected chi connectivity index (χ1v) is 7.69. The number of hydrogen-bond acceptors (Lipinski definition) is 7. The van der Waals surface area contributed by atoms with Crippen molar-refractivity contribution >= 4 is 23.7 Å². The van der Waals surface area contributed by atoms with Gasteiger partial charge in [0.2, 0.25) is 17.7 Å². The van der Waals surface area contributed by atoms with Gasteiger partial charge in [0, 0.05) is 0 Å². The van der Waals surface area contributed by atoms with Gasteiger partial charge in [0.05, 0.1) is 25.8 Å². The van der Waals surface area contributed by atoms with Gasteiger partial charge in [0.25, 0.3) is 0 Å². The van der Waals surface area contributed by atoms with Crippen LogP contribution in [0.4, 0.5) is 0 Å². The van der Waals surface area contributed by atoms with E-state index in [1.807, 2.05) is 19.2 Å². The minimum Gasteiger partial charge on any atom is -0.480 e. The van der Waals surface area contributed by atoms with Crippen molar-refractivity contribution in [3.05, 3.63) is 0 Å². The largest absolute Gasteiger partial charge is 0.480 e. The van der Waals surface area contributed by atoms with Crippen molar-refractivity contribution in [1.82, 2.24) is 16.0 Å². The van der Waals surface area contributed by atoms with Crippen molar-refractivity contribution in [3.63, 3.8) is 0 Å². The molecule has 0 heterocycles. The summed E-state index contributed by atoms with van der Waals surface area (Å²) >= 11 is 0. The number of nitrogens with two attached hydrogens (primary N) is 1. The number of nitrogens with one attached hydrogen (secondary N) is 3. The zero-order chi connectivity index (χ0) is 19.6. The van der Waals surface area contributed by atoms with Gasteiger partial charge in [-0.25, -0.2) is 4.79 Å². The lowest BCUT2D eigenvalue weighted by molar-refractivity contribution is -0.143. The number of carboxylic acids is 1. The predicted molar refractivity (Wildman–Crippen MR) is 86.1 cm³/mol. The molecule has 0 saturated heterocycles. The standard InChI is InChI=1S/C14H26N4O7/c1-7(2)3-8(15)12(22)16-4-11(21)17-9(5-19)13(23)18-10(6-20)14(24)25/h7-10,19-20H,3-6,15H2,1-2H3,(H,16,22)(H,17,21)(H,18,23)(H,24,25)/t8?,9-,10-/m0/s1. The quantitative estimate of drug-likeness (QED) is 0.197. The second-order valence-electron chi connectivity index (χ2n) is 5.84. The molecule has 144 valence electrons. The number of hydrogen-bond donors (Lipinski definition) is 7. The molecule has 1 unspecified atom stereocenters. The summed E-state index contributed by atoms with van der Waals surface area (Å²) in [5, 5.41) is 33.1. The molecule has 0 bridgehead atoms. The van der Waals surface area contributed by atoms with Crippen LogP contribution in [-0.4, -0.2) is 76.9 Å². The molecule has 0 spiro atoms. The van der Waals surface area contributed by atoms with Crippen LogP contribution >= 0.6 is 0 Å². The van der Waals surface area contributed by atoms with Gasteiger partial charge in [-0.05, 0) is 12.3 Å². The number of aliphatic hydroxyl groups is 2. The average molecular weight is 362 g/mol. The number of rotatable bonds is 11. The molecule has 25 heavy (non-hydrogen) atoms. The van der Waals surface area contributed by atoms with Crippen molar-refractivity contribution in [2.45, 2.75) is 38.4 Å². The van der Waals surface area contributed by atoms with E-state index in [1.54, 1.807) is 0 Å².